The highest BCUT2D eigenvalue weighted by atomic mass is 19.1. The van der Waals surface area contributed by atoms with Gasteiger partial charge >= 0.3 is 5.97 Å². The van der Waals surface area contributed by atoms with Gasteiger partial charge in [-0.1, -0.05) is 0 Å². The van der Waals surface area contributed by atoms with E-state index in [4.69, 9.17) is 4.74 Å². The van der Waals surface area contributed by atoms with Gasteiger partial charge in [0.05, 0.1) is 12.7 Å². The van der Waals surface area contributed by atoms with Crippen LogP contribution in [-0.4, -0.2) is 24.5 Å². The Labute approximate surface area is 109 Å². The molecular formula is C13H14F2O4. The van der Waals surface area contributed by atoms with Gasteiger partial charge in [-0.05, 0) is 32.9 Å². The van der Waals surface area contributed by atoms with E-state index in [2.05, 4.69) is 4.74 Å². The number of benzene rings is 1. The molecule has 0 aliphatic heterocycles. The van der Waals surface area contributed by atoms with Crippen molar-refractivity contribution in [1.82, 2.24) is 0 Å². The number of Topliss-reactive ketones (excluding diaryl/α,β-unsaturated/α-hetero) is 1. The van der Waals surface area contributed by atoms with Crippen LogP contribution in [0.25, 0.3) is 0 Å². The molecule has 0 aromatic heterocycles. The minimum absolute atomic E-state index is 0.0595. The second-order valence-electron chi connectivity index (χ2n) is 3.95. The molecule has 1 aromatic carbocycles. The minimum atomic E-state index is -1.37. The lowest BCUT2D eigenvalue weighted by Crippen LogP contribution is -2.21. The maximum atomic E-state index is 14.0. The number of halogens is 2. The lowest BCUT2D eigenvalue weighted by Gasteiger charge is -2.12. The van der Waals surface area contributed by atoms with Crippen LogP contribution >= 0.6 is 0 Å². The Kier molecular flexibility index (Phi) is 4.97. The molecule has 0 bridgehead atoms. The molecule has 0 spiro atoms. The van der Waals surface area contributed by atoms with Gasteiger partial charge in [-0.15, -0.1) is 0 Å². The molecule has 0 aliphatic rings. The summed E-state index contributed by atoms with van der Waals surface area (Å²) in [5.74, 6) is -5.30. The molecule has 1 aromatic rings. The molecule has 4 nitrogen and oxygen atoms in total. The van der Waals surface area contributed by atoms with Gasteiger partial charge in [0.2, 0.25) is 0 Å². The molecule has 6 heteroatoms. The van der Waals surface area contributed by atoms with Crippen molar-refractivity contribution in [1.29, 1.82) is 0 Å². The van der Waals surface area contributed by atoms with Crippen molar-refractivity contribution in [3.05, 3.63) is 29.3 Å². The smallest absolute Gasteiger partial charge is 0.379 e. The normalized spacial score (nSPS) is 10.4. The Hall–Kier alpha value is -1.98. The van der Waals surface area contributed by atoms with Gasteiger partial charge in [0, 0.05) is 0 Å². The SMILES string of the molecule is CCOC(=O)C(=O)c1c(F)ccc(OC(C)C)c1F. The van der Waals surface area contributed by atoms with E-state index in [0.29, 0.717) is 0 Å². The number of carbonyl (C=O) groups excluding carboxylic acids is 2. The van der Waals surface area contributed by atoms with Crippen molar-refractivity contribution in [3.8, 4) is 5.75 Å². The van der Waals surface area contributed by atoms with Crippen LogP contribution in [0.2, 0.25) is 0 Å². The Balaban J connectivity index is 3.19. The number of carbonyl (C=O) groups is 2. The summed E-state index contributed by atoms with van der Waals surface area (Å²) >= 11 is 0. The summed E-state index contributed by atoms with van der Waals surface area (Å²) in [6.45, 7) is 4.72. The fraction of sp³-hybridized carbons (Fsp3) is 0.385. The number of esters is 1. The number of hydrogen-bond acceptors (Lipinski definition) is 4. The van der Waals surface area contributed by atoms with Crippen molar-refractivity contribution in [3.63, 3.8) is 0 Å². The minimum Gasteiger partial charge on any atom is -0.488 e. The van der Waals surface area contributed by atoms with Gasteiger partial charge in [0.15, 0.2) is 11.6 Å². The van der Waals surface area contributed by atoms with E-state index in [9.17, 15) is 18.4 Å². The quantitative estimate of drug-likeness (QED) is 0.469. The third-order valence-corrected chi connectivity index (χ3v) is 2.11. The summed E-state index contributed by atoms with van der Waals surface area (Å²) in [5.41, 5.74) is -0.961. The highest BCUT2D eigenvalue weighted by molar-refractivity contribution is 6.40. The molecule has 0 saturated carbocycles. The number of ketones is 1. The van der Waals surface area contributed by atoms with E-state index < -0.39 is 29.0 Å². The van der Waals surface area contributed by atoms with E-state index in [1.807, 2.05) is 0 Å². The Morgan fingerprint density at radius 1 is 1.26 bits per heavy atom. The molecule has 0 fully saturated rings. The van der Waals surface area contributed by atoms with Crippen LogP contribution in [0.15, 0.2) is 12.1 Å². The average Bonchev–Trinajstić information content (AvgIpc) is 2.32. The first kappa shape index (κ1) is 15.1. The van der Waals surface area contributed by atoms with Crippen LogP contribution in [0.4, 0.5) is 8.78 Å². The summed E-state index contributed by atoms with van der Waals surface area (Å²) in [5, 5.41) is 0. The van der Waals surface area contributed by atoms with Gasteiger partial charge in [-0.3, -0.25) is 4.79 Å². The lowest BCUT2D eigenvalue weighted by atomic mass is 10.1. The van der Waals surface area contributed by atoms with E-state index >= 15 is 0 Å². The highest BCUT2D eigenvalue weighted by Gasteiger charge is 2.27. The molecular weight excluding hydrogens is 258 g/mol. The maximum Gasteiger partial charge on any atom is 0.379 e. The standard InChI is InChI=1S/C13H14F2O4/c1-4-18-13(17)12(16)10-8(14)5-6-9(11(10)15)19-7(2)3/h5-7H,4H2,1-3H3. The molecule has 0 unspecified atom stereocenters. The lowest BCUT2D eigenvalue weighted by molar-refractivity contribution is -0.137. The zero-order valence-corrected chi connectivity index (χ0v) is 10.8. The zero-order valence-electron chi connectivity index (χ0n) is 10.8. The fourth-order valence-corrected chi connectivity index (χ4v) is 1.39. The monoisotopic (exact) mass is 272 g/mol. The van der Waals surface area contributed by atoms with Crippen LogP contribution in [0.3, 0.4) is 0 Å². The van der Waals surface area contributed by atoms with Crippen LogP contribution < -0.4 is 4.74 Å². The fourth-order valence-electron chi connectivity index (χ4n) is 1.39. The predicted octanol–water partition coefficient (Wildman–Crippen LogP) is 2.50. The maximum absolute atomic E-state index is 14.0. The van der Waals surface area contributed by atoms with Crippen molar-refractivity contribution in [2.75, 3.05) is 6.61 Å². The van der Waals surface area contributed by atoms with Crippen LogP contribution in [-0.2, 0) is 9.53 Å². The van der Waals surface area contributed by atoms with Crippen LogP contribution in [0.5, 0.6) is 5.75 Å². The number of rotatable bonds is 5. The summed E-state index contributed by atoms with van der Waals surface area (Å²) < 4.78 is 37.0. The first-order valence-electron chi connectivity index (χ1n) is 5.74. The molecule has 0 amide bonds. The van der Waals surface area contributed by atoms with E-state index in [1.54, 1.807) is 13.8 Å². The summed E-state index contributed by atoms with van der Waals surface area (Å²) in [6.07, 6.45) is -0.356. The van der Waals surface area contributed by atoms with Gasteiger partial charge in [0.25, 0.3) is 5.78 Å². The van der Waals surface area contributed by atoms with Gasteiger partial charge < -0.3 is 9.47 Å². The third kappa shape index (κ3) is 3.49. The summed E-state index contributed by atoms with van der Waals surface area (Å²) in [6, 6.07) is 1.93. The van der Waals surface area contributed by atoms with Crippen LogP contribution in [0.1, 0.15) is 31.1 Å². The predicted molar refractivity (Wildman–Crippen MR) is 63.1 cm³/mol. The molecule has 0 aliphatic carbocycles. The summed E-state index contributed by atoms with van der Waals surface area (Å²) in [7, 11) is 0. The third-order valence-electron chi connectivity index (χ3n) is 2.11. The Morgan fingerprint density at radius 3 is 2.42 bits per heavy atom. The van der Waals surface area contributed by atoms with E-state index in [-0.39, 0.29) is 18.5 Å². The summed E-state index contributed by atoms with van der Waals surface area (Å²) in [4.78, 5) is 22.8. The Morgan fingerprint density at radius 2 is 1.89 bits per heavy atom. The van der Waals surface area contributed by atoms with Crippen molar-refractivity contribution >= 4 is 11.8 Å². The highest BCUT2D eigenvalue weighted by Crippen LogP contribution is 2.24. The van der Waals surface area contributed by atoms with Gasteiger partial charge in [-0.25, -0.2) is 13.6 Å². The first-order valence-corrected chi connectivity index (χ1v) is 5.74. The average molecular weight is 272 g/mol. The molecule has 0 atom stereocenters. The van der Waals surface area contributed by atoms with E-state index in [0.717, 1.165) is 12.1 Å². The zero-order chi connectivity index (χ0) is 14.6. The molecule has 0 heterocycles. The largest absolute Gasteiger partial charge is 0.488 e. The van der Waals surface area contributed by atoms with Gasteiger partial charge in [0.1, 0.15) is 11.4 Å². The second-order valence-corrected chi connectivity index (χ2v) is 3.95. The van der Waals surface area contributed by atoms with Crippen molar-refractivity contribution in [2.24, 2.45) is 0 Å². The van der Waals surface area contributed by atoms with Crippen molar-refractivity contribution in [2.45, 2.75) is 26.9 Å². The number of hydrogen-bond donors (Lipinski definition) is 0. The molecule has 0 N–H and O–H groups in total. The Bertz CT molecular complexity index is 498. The molecule has 104 valence electrons. The van der Waals surface area contributed by atoms with Crippen molar-refractivity contribution < 1.29 is 27.8 Å². The van der Waals surface area contributed by atoms with Crippen LogP contribution in [0, 0.1) is 11.6 Å². The molecule has 1 rings (SSSR count). The molecule has 0 radical (unpaired) electrons. The first-order chi connectivity index (χ1) is 8.88. The van der Waals surface area contributed by atoms with Gasteiger partial charge in [-0.2, -0.15) is 0 Å². The molecule has 0 saturated heterocycles. The second kappa shape index (κ2) is 6.26. The number of ether oxygens (including phenoxy) is 2. The van der Waals surface area contributed by atoms with E-state index in [1.165, 1.54) is 6.92 Å². The molecule has 19 heavy (non-hydrogen) atoms. The topological polar surface area (TPSA) is 52.6 Å².